The number of carbonyl (C=O) groups excluding carboxylic acids is 1. The lowest BCUT2D eigenvalue weighted by Crippen LogP contribution is -2.82. The smallest absolute Gasteiger partial charge is 0.317 e. The van der Waals surface area contributed by atoms with E-state index in [4.69, 9.17) is 4.74 Å². The minimum absolute atomic E-state index is 0.0749. The SMILES string of the molecule is CCOc1ccc(N2C[C@H]3CN(C(=O)NCCc4cnc[nH]4)C4(C)C[C@@H]2C4(C)C3)cc1. The van der Waals surface area contributed by atoms with E-state index in [0.717, 1.165) is 37.4 Å². The number of imidazole rings is 1. The fourth-order valence-electron chi connectivity index (χ4n) is 6.26. The van der Waals surface area contributed by atoms with E-state index in [2.05, 4.69) is 63.2 Å². The third kappa shape index (κ3) is 3.17. The number of hydrogen-bond donors (Lipinski definition) is 2. The molecule has 3 fully saturated rings. The first kappa shape index (κ1) is 20.2. The number of piperidine rings is 2. The second-order valence-electron chi connectivity index (χ2n) is 9.73. The van der Waals surface area contributed by atoms with Crippen LogP contribution in [0.3, 0.4) is 0 Å². The van der Waals surface area contributed by atoms with Crippen LogP contribution in [0.4, 0.5) is 10.5 Å². The Balaban J connectivity index is 1.29. The number of benzene rings is 1. The monoisotopic (exact) mass is 423 g/mol. The second kappa shape index (κ2) is 7.46. The van der Waals surface area contributed by atoms with Crippen LogP contribution in [0, 0.1) is 11.3 Å². The number of nitrogens with one attached hydrogen (secondary N) is 2. The van der Waals surface area contributed by atoms with E-state index in [9.17, 15) is 4.79 Å². The molecule has 2 amide bonds. The van der Waals surface area contributed by atoms with Crippen molar-refractivity contribution in [1.82, 2.24) is 20.2 Å². The summed E-state index contributed by atoms with van der Waals surface area (Å²) >= 11 is 0. The van der Waals surface area contributed by atoms with Crippen LogP contribution in [-0.2, 0) is 6.42 Å². The van der Waals surface area contributed by atoms with Crippen LogP contribution in [-0.4, -0.2) is 58.7 Å². The molecule has 2 bridgehead atoms. The predicted molar refractivity (Wildman–Crippen MR) is 120 cm³/mol. The normalized spacial score (nSPS) is 31.2. The summed E-state index contributed by atoms with van der Waals surface area (Å²) in [4.78, 5) is 25.0. The number of aromatic amines is 1. The summed E-state index contributed by atoms with van der Waals surface area (Å²) in [5.74, 6) is 1.41. The number of rotatable bonds is 6. The van der Waals surface area contributed by atoms with Crippen molar-refractivity contribution in [2.45, 2.75) is 51.6 Å². The van der Waals surface area contributed by atoms with E-state index in [0.29, 0.717) is 25.1 Å². The largest absolute Gasteiger partial charge is 0.494 e. The molecule has 5 rings (SSSR count). The molecule has 3 heterocycles. The van der Waals surface area contributed by atoms with Crippen molar-refractivity contribution in [1.29, 1.82) is 0 Å². The highest BCUT2D eigenvalue weighted by molar-refractivity contribution is 5.76. The Kier molecular flexibility index (Phi) is 4.87. The van der Waals surface area contributed by atoms with Crippen molar-refractivity contribution in [3.05, 3.63) is 42.5 Å². The molecule has 7 nitrogen and oxygen atoms in total. The molecule has 1 aromatic heterocycles. The van der Waals surface area contributed by atoms with Gasteiger partial charge in [-0.15, -0.1) is 0 Å². The van der Waals surface area contributed by atoms with E-state index in [1.807, 2.05) is 13.1 Å². The number of amides is 2. The lowest BCUT2D eigenvalue weighted by Gasteiger charge is -2.74. The number of urea groups is 1. The molecule has 1 saturated carbocycles. The summed E-state index contributed by atoms with van der Waals surface area (Å²) in [6, 6.07) is 9.06. The number of ether oxygens (including phenoxy) is 1. The minimum atomic E-state index is -0.101. The number of nitrogens with zero attached hydrogens (tertiary/aromatic N) is 3. The van der Waals surface area contributed by atoms with E-state index in [1.54, 1.807) is 6.33 Å². The Hall–Kier alpha value is -2.70. The molecule has 3 aliphatic rings. The molecule has 7 heteroatoms. The van der Waals surface area contributed by atoms with Gasteiger partial charge in [0.15, 0.2) is 0 Å². The molecule has 166 valence electrons. The van der Waals surface area contributed by atoms with E-state index >= 15 is 0 Å². The number of anilines is 1. The zero-order chi connectivity index (χ0) is 21.6. The minimum Gasteiger partial charge on any atom is -0.494 e. The molecule has 2 unspecified atom stereocenters. The first-order valence-electron chi connectivity index (χ1n) is 11.5. The van der Waals surface area contributed by atoms with Crippen molar-refractivity contribution in [2.24, 2.45) is 11.3 Å². The van der Waals surface area contributed by atoms with Crippen LogP contribution in [0.2, 0.25) is 0 Å². The number of H-pyrrole nitrogens is 1. The number of likely N-dealkylation sites (tertiary alicyclic amines) is 1. The molecule has 2 aliphatic heterocycles. The highest BCUT2D eigenvalue weighted by Gasteiger charge is 2.70. The summed E-state index contributed by atoms with van der Waals surface area (Å²) < 4.78 is 5.62. The lowest BCUT2D eigenvalue weighted by molar-refractivity contribution is -0.161. The van der Waals surface area contributed by atoms with Crippen LogP contribution in [0.25, 0.3) is 0 Å². The zero-order valence-electron chi connectivity index (χ0n) is 18.7. The number of carbonyl (C=O) groups is 1. The average Bonchev–Trinajstić information content (AvgIpc) is 3.26. The van der Waals surface area contributed by atoms with Gasteiger partial charge in [-0.3, -0.25) is 0 Å². The van der Waals surface area contributed by atoms with Gasteiger partial charge in [0.2, 0.25) is 0 Å². The Morgan fingerprint density at radius 3 is 2.77 bits per heavy atom. The van der Waals surface area contributed by atoms with Gasteiger partial charge < -0.3 is 24.8 Å². The summed E-state index contributed by atoms with van der Waals surface area (Å²) in [6.45, 7) is 9.81. The van der Waals surface area contributed by atoms with Gasteiger partial charge in [-0.2, -0.15) is 0 Å². The standard InChI is InChI=1S/C24H33N5O2/c1-4-31-20-7-5-19(6-8-20)28-14-17-11-23(2)21(28)12-24(23,3)29(15-17)22(30)26-10-9-18-13-25-16-27-18/h5-8,13,16-17,21H,4,9-12,14-15H2,1-3H3,(H,25,27)(H,26,30)/t17-,21+,23?,24?/m0/s1. The molecular formula is C24H33N5O2. The molecule has 1 aromatic carbocycles. The van der Waals surface area contributed by atoms with E-state index < -0.39 is 0 Å². The molecule has 0 radical (unpaired) electrons. The number of fused-ring (bicyclic) bond motifs is 1. The topological polar surface area (TPSA) is 73.5 Å². The molecule has 2 saturated heterocycles. The fraction of sp³-hybridized carbons (Fsp3) is 0.583. The molecule has 2 N–H and O–H groups in total. The van der Waals surface area contributed by atoms with Crippen molar-refractivity contribution in [2.75, 3.05) is 31.1 Å². The molecule has 1 aliphatic carbocycles. The molecule has 2 aromatic rings. The third-order valence-corrected chi connectivity index (χ3v) is 8.09. The van der Waals surface area contributed by atoms with Crippen molar-refractivity contribution < 1.29 is 9.53 Å². The Bertz CT molecular complexity index is 930. The van der Waals surface area contributed by atoms with Gasteiger partial charge in [0.05, 0.1) is 18.5 Å². The highest BCUT2D eigenvalue weighted by atomic mass is 16.5. The Labute approximate surface area is 184 Å². The van der Waals surface area contributed by atoms with Gasteiger partial charge in [-0.05, 0) is 56.9 Å². The van der Waals surface area contributed by atoms with Crippen LogP contribution in [0.1, 0.15) is 39.3 Å². The maximum Gasteiger partial charge on any atom is 0.317 e. The zero-order valence-corrected chi connectivity index (χ0v) is 18.7. The predicted octanol–water partition coefficient (Wildman–Crippen LogP) is 3.44. The fourth-order valence-corrected chi connectivity index (χ4v) is 6.26. The maximum atomic E-state index is 13.2. The van der Waals surface area contributed by atoms with Crippen LogP contribution in [0.15, 0.2) is 36.8 Å². The van der Waals surface area contributed by atoms with Gasteiger partial charge in [-0.25, -0.2) is 9.78 Å². The molecular weight excluding hydrogens is 390 g/mol. The Morgan fingerprint density at radius 1 is 1.26 bits per heavy atom. The molecule has 4 atom stereocenters. The van der Waals surface area contributed by atoms with Crippen LogP contribution >= 0.6 is 0 Å². The summed E-state index contributed by atoms with van der Waals surface area (Å²) in [6.07, 6.45) is 6.46. The third-order valence-electron chi connectivity index (χ3n) is 8.09. The van der Waals surface area contributed by atoms with Crippen molar-refractivity contribution in [3.63, 3.8) is 0 Å². The van der Waals surface area contributed by atoms with Crippen LogP contribution < -0.4 is 15.0 Å². The van der Waals surface area contributed by atoms with Gasteiger partial charge in [-0.1, -0.05) is 6.92 Å². The number of hydrogen-bond acceptors (Lipinski definition) is 4. The van der Waals surface area contributed by atoms with Crippen molar-refractivity contribution >= 4 is 11.7 Å². The van der Waals surface area contributed by atoms with Gasteiger partial charge in [0.25, 0.3) is 0 Å². The molecule has 31 heavy (non-hydrogen) atoms. The highest BCUT2D eigenvalue weighted by Crippen LogP contribution is 2.64. The Morgan fingerprint density at radius 2 is 2.06 bits per heavy atom. The number of aromatic nitrogens is 2. The molecule has 0 spiro atoms. The van der Waals surface area contributed by atoms with Gasteiger partial charge in [0.1, 0.15) is 5.75 Å². The summed E-state index contributed by atoms with van der Waals surface area (Å²) in [7, 11) is 0. The quantitative estimate of drug-likeness (QED) is 0.747. The van der Waals surface area contributed by atoms with Crippen molar-refractivity contribution in [3.8, 4) is 5.75 Å². The van der Waals surface area contributed by atoms with E-state index in [-0.39, 0.29) is 17.0 Å². The maximum absolute atomic E-state index is 13.2. The summed E-state index contributed by atoms with van der Waals surface area (Å²) in [5, 5.41) is 3.15. The van der Waals surface area contributed by atoms with Gasteiger partial charge >= 0.3 is 6.03 Å². The first-order valence-corrected chi connectivity index (χ1v) is 11.5. The summed E-state index contributed by atoms with van der Waals surface area (Å²) in [5.41, 5.74) is 2.32. The van der Waals surface area contributed by atoms with Gasteiger partial charge in [0, 0.05) is 55.1 Å². The average molecular weight is 424 g/mol. The lowest BCUT2D eigenvalue weighted by atomic mass is 9.45. The first-order chi connectivity index (χ1) is 14.9. The van der Waals surface area contributed by atoms with Crippen LogP contribution in [0.5, 0.6) is 5.75 Å². The second-order valence-corrected chi connectivity index (χ2v) is 9.73. The van der Waals surface area contributed by atoms with E-state index in [1.165, 1.54) is 12.1 Å².